The van der Waals surface area contributed by atoms with Crippen molar-refractivity contribution >= 4 is 22.2 Å². The Kier molecular flexibility index (Phi) is 5.86. The molecule has 1 amide bonds. The van der Waals surface area contributed by atoms with Crippen LogP contribution in [-0.2, 0) is 17.6 Å². The Hall–Kier alpha value is -2.32. The molecule has 1 aliphatic carbocycles. The minimum Gasteiger partial charge on any atom is -0.481 e. The fourth-order valence-electron chi connectivity index (χ4n) is 3.42. The monoisotopic (exact) mass is 382 g/mol. The number of fused-ring (bicyclic) bond motifs is 1. The lowest BCUT2D eigenvalue weighted by Crippen LogP contribution is -2.32. The van der Waals surface area contributed by atoms with Crippen molar-refractivity contribution in [2.45, 2.75) is 59.5 Å². The summed E-state index contributed by atoms with van der Waals surface area (Å²) in [5, 5.41) is 13.2. The van der Waals surface area contributed by atoms with Crippen molar-refractivity contribution in [3.63, 3.8) is 0 Å². The summed E-state index contributed by atoms with van der Waals surface area (Å²) in [5.41, 5.74) is 4.08. The molecule has 1 N–H and O–H groups in total. The van der Waals surface area contributed by atoms with E-state index in [9.17, 15) is 10.1 Å². The van der Waals surface area contributed by atoms with E-state index in [1.807, 2.05) is 39.0 Å². The van der Waals surface area contributed by atoms with Crippen LogP contribution in [0.5, 0.6) is 5.75 Å². The third kappa shape index (κ3) is 4.17. The Morgan fingerprint density at radius 3 is 2.85 bits per heavy atom. The molecule has 0 radical (unpaired) electrons. The molecule has 1 heterocycles. The number of rotatable bonds is 5. The molecule has 0 saturated heterocycles. The zero-order valence-electron chi connectivity index (χ0n) is 16.4. The molecule has 2 atom stereocenters. The molecular weight excluding hydrogens is 356 g/mol. The van der Waals surface area contributed by atoms with Gasteiger partial charge in [0, 0.05) is 4.88 Å². The van der Waals surface area contributed by atoms with Crippen LogP contribution in [0, 0.1) is 31.1 Å². The highest BCUT2D eigenvalue weighted by Crippen LogP contribution is 2.39. The predicted octanol–water partition coefficient (Wildman–Crippen LogP) is 5.16. The number of hydrogen-bond acceptors (Lipinski definition) is 4. The van der Waals surface area contributed by atoms with Crippen LogP contribution in [0.1, 0.15) is 53.8 Å². The maximum atomic E-state index is 12.8. The Morgan fingerprint density at radius 2 is 2.19 bits per heavy atom. The molecule has 0 saturated carbocycles. The number of carbonyl (C=O) groups excluding carboxylic acids is 1. The lowest BCUT2D eigenvalue weighted by atomic mass is 9.88. The minimum atomic E-state index is -0.586. The van der Waals surface area contributed by atoms with Crippen LogP contribution in [0.25, 0.3) is 0 Å². The second kappa shape index (κ2) is 8.14. The molecule has 27 heavy (non-hydrogen) atoms. The number of amides is 1. The van der Waals surface area contributed by atoms with Gasteiger partial charge in [-0.05, 0) is 74.3 Å². The number of ether oxygens (including phenoxy) is 1. The van der Waals surface area contributed by atoms with Crippen molar-refractivity contribution in [2.24, 2.45) is 5.92 Å². The molecule has 5 heteroatoms. The van der Waals surface area contributed by atoms with Crippen LogP contribution in [0.4, 0.5) is 5.00 Å². The van der Waals surface area contributed by atoms with E-state index in [1.165, 1.54) is 10.4 Å². The van der Waals surface area contributed by atoms with Gasteiger partial charge in [0.15, 0.2) is 6.10 Å². The first-order valence-corrected chi connectivity index (χ1v) is 10.3. The number of thiophene rings is 1. The molecule has 0 fully saturated rings. The van der Waals surface area contributed by atoms with Gasteiger partial charge < -0.3 is 10.1 Å². The van der Waals surface area contributed by atoms with Crippen LogP contribution in [0.2, 0.25) is 0 Å². The van der Waals surface area contributed by atoms with E-state index in [0.717, 1.165) is 30.4 Å². The minimum absolute atomic E-state index is 0.195. The third-order valence-corrected chi connectivity index (χ3v) is 6.45. The van der Waals surface area contributed by atoms with E-state index in [-0.39, 0.29) is 5.91 Å². The first-order valence-electron chi connectivity index (χ1n) is 9.52. The van der Waals surface area contributed by atoms with Crippen LogP contribution < -0.4 is 10.1 Å². The Bertz CT molecular complexity index is 894. The quantitative estimate of drug-likeness (QED) is 0.777. The van der Waals surface area contributed by atoms with E-state index in [4.69, 9.17) is 4.74 Å². The van der Waals surface area contributed by atoms with Gasteiger partial charge in [-0.1, -0.05) is 19.9 Å². The topological polar surface area (TPSA) is 62.1 Å². The summed E-state index contributed by atoms with van der Waals surface area (Å²) < 4.78 is 5.94. The van der Waals surface area contributed by atoms with E-state index < -0.39 is 6.10 Å². The summed E-state index contributed by atoms with van der Waals surface area (Å²) in [6, 6.07) is 8.15. The summed E-state index contributed by atoms with van der Waals surface area (Å²) in [7, 11) is 0. The standard InChI is InChI=1S/C22H26N2O2S/c1-5-19(26-16-8-7-14(3)15(4)11-16)21(25)24-22-18(12-23)17-9-6-13(2)10-20(17)27-22/h7-8,11,13,19H,5-6,9-10H2,1-4H3,(H,24,25)/t13-,19+/m1/s1. The van der Waals surface area contributed by atoms with Crippen molar-refractivity contribution in [3.8, 4) is 11.8 Å². The van der Waals surface area contributed by atoms with E-state index >= 15 is 0 Å². The van der Waals surface area contributed by atoms with Gasteiger partial charge in [0.1, 0.15) is 16.8 Å². The predicted molar refractivity (Wildman–Crippen MR) is 109 cm³/mol. The van der Waals surface area contributed by atoms with Crippen LogP contribution in [-0.4, -0.2) is 12.0 Å². The van der Waals surface area contributed by atoms with E-state index in [2.05, 4.69) is 18.3 Å². The maximum Gasteiger partial charge on any atom is 0.266 e. The molecule has 1 aromatic carbocycles. The lowest BCUT2D eigenvalue weighted by molar-refractivity contribution is -0.122. The first-order chi connectivity index (χ1) is 12.9. The van der Waals surface area contributed by atoms with E-state index in [1.54, 1.807) is 11.3 Å². The number of aryl methyl sites for hydroxylation is 2. The van der Waals surface area contributed by atoms with Gasteiger partial charge in [-0.25, -0.2) is 0 Å². The molecule has 1 aromatic heterocycles. The van der Waals surface area contributed by atoms with Crippen LogP contribution in [0.15, 0.2) is 18.2 Å². The first kappa shape index (κ1) is 19.4. The molecule has 0 bridgehead atoms. The highest BCUT2D eigenvalue weighted by atomic mass is 32.1. The molecule has 3 rings (SSSR count). The highest BCUT2D eigenvalue weighted by molar-refractivity contribution is 7.16. The van der Waals surface area contributed by atoms with Crippen LogP contribution >= 0.6 is 11.3 Å². The number of nitriles is 1. The number of nitrogens with one attached hydrogen (secondary N) is 1. The average molecular weight is 383 g/mol. The molecule has 142 valence electrons. The number of anilines is 1. The number of carbonyl (C=O) groups is 1. The average Bonchev–Trinajstić information content (AvgIpc) is 2.98. The van der Waals surface area contributed by atoms with Gasteiger partial charge in [-0.3, -0.25) is 4.79 Å². The van der Waals surface area contributed by atoms with Crippen molar-refractivity contribution in [2.75, 3.05) is 5.32 Å². The van der Waals surface area contributed by atoms with Crippen molar-refractivity contribution in [1.29, 1.82) is 5.26 Å². The van der Waals surface area contributed by atoms with Gasteiger partial charge in [0.25, 0.3) is 5.91 Å². The van der Waals surface area contributed by atoms with Crippen molar-refractivity contribution < 1.29 is 9.53 Å². The lowest BCUT2D eigenvalue weighted by Gasteiger charge is -2.18. The molecule has 4 nitrogen and oxygen atoms in total. The number of nitrogens with zero attached hydrogens (tertiary/aromatic N) is 1. The normalized spacial score (nSPS) is 16.9. The summed E-state index contributed by atoms with van der Waals surface area (Å²) >= 11 is 1.55. The summed E-state index contributed by atoms with van der Waals surface area (Å²) in [6.45, 7) is 8.24. The molecule has 0 aliphatic heterocycles. The largest absolute Gasteiger partial charge is 0.481 e. The number of benzene rings is 1. The van der Waals surface area contributed by atoms with E-state index in [0.29, 0.717) is 28.7 Å². The molecule has 2 aromatic rings. The maximum absolute atomic E-state index is 12.8. The second-order valence-corrected chi connectivity index (χ2v) is 8.52. The summed E-state index contributed by atoms with van der Waals surface area (Å²) in [4.78, 5) is 14.0. The Labute approximate surface area is 165 Å². The Balaban J connectivity index is 1.77. The Morgan fingerprint density at radius 1 is 1.41 bits per heavy atom. The van der Waals surface area contributed by atoms with Crippen LogP contribution in [0.3, 0.4) is 0 Å². The fraction of sp³-hybridized carbons (Fsp3) is 0.455. The molecular formula is C22H26N2O2S. The zero-order chi connectivity index (χ0) is 19.6. The van der Waals surface area contributed by atoms with Gasteiger partial charge >= 0.3 is 0 Å². The van der Waals surface area contributed by atoms with Gasteiger partial charge in [0.05, 0.1) is 5.56 Å². The fourth-order valence-corrected chi connectivity index (χ4v) is 4.79. The second-order valence-electron chi connectivity index (χ2n) is 7.42. The SMILES string of the molecule is CC[C@H](Oc1ccc(C)c(C)c1)C(=O)Nc1sc2c(c1C#N)CC[C@@H](C)C2. The highest BCUT2D eigenvalue weighted by Gasteiger charge is 2.26. The summed E-state index contributed by atoms with van der Waals surface area (Å²) in [6.07, 6.45) is 2.97. The zero-order valence-corrected chi connectivity index (χ0v) is 17.2. The summed E-state index contributed by atoms with van der Waals surface area (Å²) in [5.74, 6) is 1.13. The van der Waals surface area contributed by atoms with Gasteiger partial charge in [0.2, 0.25) is 0 Å². The van der Waals surface area contributed by atoms with Gasteiger partial charge in [-0.15, -0.1) is 11.3 Å². The molecule has 1 aliphatic rings. The number of hydrogen-bond donors (Lipinski definition) is 1. The molecule has 0 unspecified atom stereocenters. The van der Waals surface area contributed by atoms with Gasteiger partial charge in [-0.2, -0.15) is 5.26 Å². The smallest absolute Gasteiger partial charge is 0.266 e. The third-order valence-electron chi connectivity index (χ3n) is 5.28. The molecule has 0 spiro atoms. The van der Waals surface area contributed by atoms with Crippen molar-refractivity contribution in [1.82, 2.24) is 0 Å². The van der Waals surface area contributed by atoms with Crippen molar-refractivity contribution in [3.05, 3.63) is 45.3 Å².